The molecule has 0 radical (unpaired) electrons. The second-order valence-electron chi connectivity index (χ2n) is 8.44. The van der Waals surface area contributed by atoms with Crippen LogP contribution in [-0.2, 0) is 9.53 Å². The molecular weight excluding hydrogens is 292 g/mol. The van der Waals surface area contributed by atoms with Gasteiger partial charge in [-0.25, -0.2) is 9.64 Å². The highest BCUT2D eigenvalue weighted by atomic mass is 16.6. The lowest BCUT2D eigenvalue weighted by atomic mass is 9.55. The van der Waals surface area contributed by atoms with Gasteiger partial charge in [-0.3, -0.25) is 0 Å². The summed E-state index contributed by atoms with van der Waals surface area (Å²) in [6.45, 7) is 19.7. The second-order valence-corrected chi connectivity index (χ2v) is 8.44. The van der Waals surface area contributed by atoms with Crippen molar-refractivity contribution in [2.75, 3.05) is 13.1 Å². The highest BCUT2D eigenvalue weighted by Gasteiger charge is 2.53. The largest absolute Gasteiger partial charge is 0.444 e. The van der Waals surface area contributed by atoms with E-state index in [1.807, 2.05) is 41.5 Å². The first-order valence-corrected chi connectivity index (χ1v) is 8.04. The number of hydrogen-bond acceptors (Lipinski definition) is 3. The number of likely N-dealkylation sites (tertiary alicyclic amines) is 1. The van der Waals surface area contributed by atoms with Gasteiger partial charge in [-0.1, -0.05) is 26.8 Å². The summed E-state index contributed by atoms with van der Waals surface area (Å²) in [5.41, 5.74) is -1.30. The highest BCUT2D eigenvalue weighted by Crippen LogP contribution is 2.52. The van der Waals surface area contributed by atoms with Gasteiger partial charge in [0, 0.05) is 18.5 Å². The van der Waals surface area contributed by atoms with Crippen LogP contribution >= 0.6 is 0 Å². The van der Waals surface area contributed by atoms with Gasteiger partial charge in [0.05, 0.1) is 6.57 Å². The van der Waals surface area contributed by atoms with E-state index in [1.54, 1.807) is 11.0 Å². The van der Waals surface area contributed by atoms with Crippen LogP contribution in [0.4, 0.5) is 4.79 Å². The van der Waals surface area contributed by atoms with Gasteiger partial charge in [-0.2, -0.15) is 0 Å². The molecule has 1 heterocycles. The van der Waals surface area contributed by atoms with Crippen molar-refractivity contribution >= 4 is 11.9 Å². The first-order valence-electron chi connectivity index (χ1n) is 8.04. The molecular formula is C18H26N2O3. The number of carbonyl (C=O) groups is 2. The van der Waals surface area contributed by atoms with Crippen LogP contribution in [0.3, 0.4) is 0 Å². The van der Waals surface area contributed by atoms with Crippen LogP contribution < -0.4 is 0 Å². The van der Waals surface area contributed by atoms with E-state index >= 15 is 0 Å². The molecule has 1 fully saturated rings. The van der Waals surface area contributed by atoms with Crippen LogP contribution in [0, 0.1) is 23.3 Å². The van der Waals surface area contributed by atoms with Crippen molar-refractivity contribution in [2.24, 2.45) is 16.7 Å². The standard InChI is InChI=1S/C18H26N2O3/c1-16(2,3)23-15(22)20-9-8-13-17(4,5)14(21)12(19-7)10-18(13,6)11-20/h10,13H,8-9,11H2,1-6H3/t13-,18+/m1/s1. The van der Waals surface area contributed by atoms with Crippen LogP contribution in [0.25, 0.3) is 4.85 Å². The Balaban J connectivity index is 2.31. The molecule has 1 aliphatic heterocycles. The first-order chi connectivity index (χ1) is 10.4. The maximum absolute atomic E-state index is 12.5. The molecule has 23 heavy (non-hydrogen) atoms. The zero-order valence-corrected chi connectivity index (χ0v) is 14.9. The Bertz CT molecular complexity index is 607. The van der Waals surface area contributed by atoms with Gasteiger partial charge in [-0.15, -0.1) is 0 Å². The van der Waals surface area contributed by atoms with E-state index in [2.05, 4.69) is 4.85 Å². The molecule has 2 atom stereocenters. The van der Waals surface area contributed by atoms with Crippen LogP contribution in [-0.4, -0.2) is 35.5 Å². The molecule has 5 nitrogen and oxygen atoms in total. The molecule has 0 unspecified atom stereocenters. The third-order valence-electron chi connectivity index (χ3n) is 4.94. The van der Waals surface area contributed by atoms with Crippen molar-refractivity contribution in [1.82, 2.24) is 4.90 Å². The van der Waals surface area contributed by atoms with E-state index in [9.17, 15) is 9.59 Å². The number of ether oxygens (including phenoxy) is 1. The Morgan fingerprint density at radius 2 is 2.00 bits per heavy atom. The lowest BCUT2D eigenvalue weighted by molar-refractivity contribution is -0.132. The fraction of sp³-hybridized carbons (Fsp3) is 0.722. The van der Waals surface area contributed by atoms with E-state index in [0.717, 1.165) is 6.42 Å². The summed E-state index contributed by atoms with van der Waals surface area (Å²) in [7, 11) is 0. The summed E-state index contributed by atoms with van der Waals surface area (Å²) in [6, 6.07) is 0. The normalized spacial score (nSPS) is 30.1. The van der Waals surface area contributed by atoms with E-state index in [-0.39, 0.29) is 28.9 Å². The number of carbonyl (C=O) groups excluding carboxylic acids is 2. The predicted molar refractivity (Wildman–Crippen MR) is 87.5 cm³/mol. The van der Waals surface area contributed by atoms with Gasteiger partial charge in [-0.05, 0) is 38.5 Å². The molecule has 0 spiro atoms. The van der Waals surface area contributed by atoms with Crippen molar-refractivity contribution < 1.29 is 14.3 Å². The number of piperidine rings is 1. The van der Waals surface area contributed by atoms with Crippen LogP contribution in [0.1, 0.15) is 48.0 Å². The maximum atomic E-state index is 12.5. The smallest absolute Gasteiger partial charge is 0.410 e. The molecule has 126 valence electrons. The minimum Gasteiger partial charge on any atom is -0.444 e. The minimum absolute atomic E-state index is 0.0827. The Morgan fingerprint density at radius 3 is 2.52 bits per heavy atom. The van der Waals surface area contributed by atoms with Gasteiger partial charge in [0.2, 0.25) is 5.70 Å². The Labute approximate surface area is 138 Å². The average molecular weight is 318 g/mol. The van der Waals surface area contributed by atoms with Crippen LogP contribution in [0.5, 0.6) is 0 Å². The molecule has 0 aromatic rings. The molecule has 0 bridgehead atoms. The zero-order chi connectivity index (χ0) is 17.6. The van der Waals surface area contributed by atoms with Crippen LogP contribution in [0.2, 0.25) is 0 Å². The average Bonchev–Trinajstić information content (AvgIpc) is 2.40. The summed E-state index contributed by atoms with van der Waals surface area (Å²) >= 11 is 0. The molecule has 0 saturated carbocycles. The van der Waals surface area contributed by atoms with Crippen LogP contribution in [0.15, 0.2) is 11.8 Å². The molecule has 1 amide bonds. The number of ketones is 1. The first kappa shape index (κ1) is 17.5. The van der Waals surface area contributed by atoms with Gasteiger partial charge < -0.3 is 14.4 Å². The van der Waals surface area contributed by atoms with E-state index < -0.39 is 11.0 Å². The summed E-state index contributed by atoms with van der Waals surface area (Å²) in [5, 5.41) is 0. The Morgan fingerprint density at radius 1 is 1.39 bits per heavy atom. The number of fused-ring (bicyclic) bond motifs is 1. The van der Waals surface area contributed by atoms with Crippen molar-refractivity contribution in [1.29, 1.82) is 0 Å². The quantitative estimate of drug-likeness (QED) is 0.640. The summed E-state index contributed by atoms with van der Waals surface area (Å²) < 4.78 is 5.47. The van der Waals surface area contributed by atoms with E-state index in [1.165, 1.54) is 0 Å². The van der Waals surface area contributed by atoms with E-state index in [0.29, 0.717) is 13.1 Å². The Kier molecular flexibility index (Phi) is 4.09. The molecule has 0 aromatic carbocycles. The monoisotopic (exact) mass is 318 g/mol. The lowest BCUT2D eigenvalue weighted by Crippen LogP contribution is -2.57. The molecule has 0 N–H and O–H groups in total. The van der Waals surface area contributed by atoms with Crippen molar-refractivity contribution in [3.8, 4) is 0 Å². The maximum Gasteiger partial charge on any atom is 0.410 e. The fourth-order valence-corrected chi connectivity index (χ4v) is 3.98. The van der Waals surface area contributed by atoms with E-state index in [4.69, 9.17) is 11.3 Å². The number of allylic oxidation sites excluding steroid dienone is 1. The van der Waals surface area contributed by atoms with Gasteiger partial charge in [0.25, 0.3) is 0 Å². The number of amides is 1. The second kappa shape index (κ2) is 5.36. The SMILES string of the molecule is [C-]#[N+]C1=C[C@@]2(C)CN(C(=O)OC(C)(C)C)CC[C@@H]2C(C)(C)C1=O. The predicted octanol–water partition coefficient (Wildman–Crippen LogP) is 3.66. The van der Waals surface area contributed by atoms with Gasteiger partial charge >= 0.3 is 6.09 Å². The number of nitrogens with zero attached hydrogens (tertiary/aromatic N) is 2. The van der Waals surface area contributed by atoms with Crippen molar-refractivity contribution in [3.05, 3.63) is 23.2 Å². The lowest BCUT2D eigenvalue weighted by Gasteiger charge is -2.53. The molecule has 2 aliphatic rings. The third-order valence-corrected chi connectivity index (χ3v) is 4.94. The molecule has 2 rings (SSSR count). The summed E-state index contributed by atoms with van der Waals surface area (Å²) in [5.74, 6) is 0.0346. The highest BCUT2D eigenvalue weighted by molar-refractivity contribution is 6.02. The fourth-order valence-electron chi connectivity index (χ4n) is 3.98. The molecule has 1 saturated heterocycles. The van der Waals surface area contributed by atoms with Crippen molar-refractivity contribution in [2.45, 2.75) is 53.6 Å². The Hall–Kier alpha value is -1.83. The summed E-state index contributed by atoms with van der Waals surface area (Å²) in [6.07, 6.45) is 2.18. The number of rotatable bonds is 0. The minimum atomic E-state index is -0.580. The van der Waals surface area contributed by atoms with Crippen molar-refractivity contribution in [3.63, 3.8) is 0 Å². The molecule has 1 aliphatic carbocycles. The van der Waals surface area contributed by atoms with Gasteiger partial charge in [0.15, 0.2) is 5.78 Å². The third kappa shape index (κ3) is 3.12. The molecule has 5 heteroatoms. The number of hydrogen-bond donors (Lipinski definition) is 0. The zero-order valence-electron chi connectivity index (χ0n) is 14.9. The topological polar surface area (TPSA) is 51.0 Å². The number of Topliss-reactive ketones (excluding diaryl/α,β-unsaturated/α-hetero) is 1. The van der Waals surface area contributed by atoms with Gasteiger partial charge in [0.1, 0.15) is 5.60 Å². The molecule has 0 aromatic heterocycles. The summed E-state index contributed by atoms with van der Waals surface area (Å²) in [4.78, 5) is 30.0.